The van der Waals surface area contributed by atoms with Crippen molar-refractivity contribution in [3.05, 3.63) is 59.5 Å². The molecule has 0 unspecified atom stereocenters. The number of nitrogens with one attached hydrogen (secondary N) is 2. The molecule has 3 aromatic rings. The maximum Gasteiger partial charge on any atom is 0.416 e. The van der Waals surface area contributed by atoms with Gasteiger partial charge < -0.3 is 24.8 Å². The van der Waals surface area contributed by atoms with E-state index in [4.69, 9.17) is 25.8 Å². The van der Waals surface area contributed by atoms with Crippen LogP contribution in [0.25, 0.3) is 0 Å². The van der Waals surface area contributed by atoms with Crippen LogP contribution >= 0.6 is 11.6 Å². The maximum atomic E-state index is 13.0. The van der Waals surface area contributed by atoms with E-state index in [1.54, 1.807) is 18.2 Å². The second-order valence-electron chi connectivity index (χ2n) is 6.17. The molecule has 2 N–H and O–H groups in total. The van der Waals surface area contributed by atoms with Gasteiger partial charge >= 0.3 is 12.2 Å². The smallest absolute Gasteiger partial charge is 0.416 e. The fraction of sp³-hybridized carbons (Fsp3) is 0.150. The number of hydrogen-bond acceptors (Lipinski definition) is 6. The molecule has 0 bridgehead atoms. The van der Waals surface area contributed by atoms with Crippen LogP contribution in [0.2, 0.25) is 5.28 Å². The van der Waals surface area contributed by atoms with E-state index in [2.05, 4.69) is 20.6 Å². The third kappa shape index (κ3) is 5.91. The summed E-state index contributed by atoms with van der Waals surface area (Å²) in [5.41, 5.74) is -0.581. The molecule has 2 aromatic carbocycles. The van der Waals surface area contributed by atoms with Crippen LogP contribution in [0.15, 0.2) is 48.7 Å². The summed E-state index contributed by atoms with van der Waals surface area (Å²) in [5.74, 6) is 0.490. The number of rotatable bonds is 6. The molecule has 32 heavy (non-hydrogen) atoms. The highest BCUT2D eigenvalue weighted by Gasteiger charge is 2.30. The van der Waals surface area contributed by atoms with E-state index >= 15 is 0 Å². The highest BCUT2D eigenvalue weighted by atomic mass is 35.5. The minimum absolute atomic E-state index is 0.0285. The standard InChI is InChI=1S/C20H16ClF3N4O4/c1-30-14-7-12(8-15(9-14)31-2)26-19(29)27-16-10-25-18(21)28-17(16)32-13-5-3-4-11(6-13)20(22,23)24/h3-10H,1-2H3,(H2,26,27,29). The lowest BCUT2D eigenvalue weighted by atomic mass is 10.2. The number of aromatic nitrogens is 2. The number of carbonyl (C=O) groups is 1. The number of benzene rings is 2. The highest BCUT2D eigenvalue weighted by molar-refractivity contribution is 6.28. The molecule has 0 saturated heterocycles. The van der Waals surface area contributed by atoms with Crippen LogP contribution in [-0.4, -0.2) is 30.2 Å². The first kappa shape index (κ1) is 22.9. The van der Waals surface area contributed by atoms with Gasteiger partial charge in [-0.25, -0.2) is 9.78 Å². The molecule has 0 fully saturated rings. The summed E-state index contributed by atoms with van der Waals surface area (Å²) in [6.07, 6.45) is -3.40. The molecule has 0 aliphatic rings. The van der Waals surface area contributed by atoms with Crippen molar-refractivity contribution in [1.82, 2.24) is 9.97 Å². The van der Waals surface area contributed by atoms with Gasteiger partial charge in [0.25, 0.3) is 0 Å². The number of urea groups is 1. The Bertz CT molecular complexity index is 1110. The molecule has 0 atom stereocenters. The summed E-state index contributed by atoms with van der Waals surface area (Å²) in [7, 11) is 2.92. The van der Waals surface area contributed by atoms with Gasteiger partial charge in [-0.2, -0.15) is 18.2 Å². The van der Waals surface area contributed by atoms with Crippen molar-refractivity contribution in [3.8, 4) is 23.1 Å². The third-order valence-electron chi connectivity index (χ3n) is 3.96. The summed E-state index contributed by atoms with van der Waals surface area (Å²) in [6.45, 7) is 0. The molecule has 1 aromatic heterocycles. The van der Waals surface area contributed by atoms with E-state index in [0.717, 1.165) is 18.3 Å². The fourth-order valence-corrected chi connectivity index (χ4v) is 2.65. The summed E-state index contributed by atoms with van der Waals surface area (Å²) in [4.78, 5) is 20.1. The first-order valence-corrected chi connectivity index (χ1v) is 9.24. The van der Waals surface area contributed by atoms with Gasteiger partial charge in [0.05, 0.1) is 26.0 Å². The molecule has 1 heterocycles. The van der Waals surface area contributed by atoms with E-state index < -0.39 is 17.8 Å². The molecule has 0 spiro atoms. The predicted molar refractivity (Wildman–Crippen MR) is 111 cm³/mol. The summed E-state index contributed by atoms with van der Waals surface area (Å²) < 4.78 is 54.6. The number of hydrogen-bond donors (Lipinski definition) is 2. The SMILES string of the molecule is COc1cc(NC(=O)Nc2cnc(Cl)nc2Oc2cccc(C(F)(F)F)c2)cc(OC)c1. The van der Waals surface area contributed by atoms with Crippen molar-refractivity contribution in [1.29, 1.82) is 0 Å². The quantitative estimate of drug-likeness (QED) is 0.457. The van der Waals surface area contributed by atoms with Crippen LogP contribution in [0, 0.1) is 0 Å². The van der Waals surface area contributed by atoms with Crippen molar-refractivity contribution >= 4 is 29.0 Å². The number of amides is 2. The zero-order valence-electron chi connectivity index (χ0n) is 16.7. The number of methoxy groups -OCH3 is 2. The normalized spacial score (nSPS) is 10.9. The van der Waals surface area contributed by atoms with Crippen LogP contribution in [0.4, 0.5) is 29.3 Å². The topological polar surface area (TPSA) is 94.6 Å². The van der Waals surface area contributed by atoms with E-state index in [1.165, 1.54) is 26.4 Å². The van der Waals surface area contributed by atoms with E-state index in [1.807, 2.05) is 0 Å². The van der Waals surface area contributed by atoms with E-state index in [-0.39, 0.29) is 22.6 Å². The molecule has 3 rings (SSSR count). The molecular weight excluding hydrogens is 453 g/mol. The molecular formula is C20H16ClF3N4O4. The molecule has 12 heteroatoms. The average molecular weight is 469 g/mol. The van der Waals surface area contributed by atoms with Crippen LogP contribution in [0.3, 0.4) is 0 Å². The molecule has 2 amide bonds. The summed E-state index contributed by atoms with van der Waals surface area (Å²) in [5, 5.41) is 4.81. The van der Waals surface area contributed by atoms with Gasteiger partial charge in [0.2, 0.25) is 11.2 Å². The molecule has 0 radical (unpaired) electrons. The monoisotopic (exact) mass is 468 g/mol. The number of nitrogens with zero attached hydrogens (tertiary/aromatic N) is 2. The lowest BCUT2D eigenvalue weighted by Gasteiger charge is -2.14. The van der Waals surface area contributed by atoms with Crippen molar-refractivity contribution < 1.29 is 32.2 Å². The Morgan fingerprint density at radius 1 is 1.00 bits per heavy atom. The largest absolute Gasteiger partial charge is 0.497 e. The van der Waals surface area contributed by atoms with Crippen molar-refractivity contribution in [2.45, 2.75) is 6.18 Å². The third-order valence-corrected chi connectivity index (χ3v) is 4.14. The number of alkyl halides is 3. The van der Waals surface area contributed by atoms with Crippen LogP contribution < -0.4 is 24.8 Å². The van der Waals surface area contributed by atoms with Gasteiger partial charge in [0, 0.05) is 23.9 Å². The number of ether oxygens (including phenoxy) is 3. The highest BCUT2D eigenvalue weighted by Crippen LogP contribution is 2.34. The lowest BCUT2D eigenvalue weighted by Crippen LogP contribution is -2.20. The first-order valence-electron chi connectivity index (χ1n) is 8.86. The van der Waals surface area contributed by atoms with Gasteiger partial charge in [-0.3, -0.25) is 0 Å². The van der Waals surface area contributed by atoms with Crippen molar-refractivity contribution in [2.24, 2.45) is 0 Å². The molecule has 0 aliphatic carbocycles. The minimum Gasteiger partial charge on any atom is -0.497 e. The predicted octanol–water partition coefficient (Wildman–Crippen LogP) is 5.60. The van der Waals surface area contributed by atoms with Crippen LogP contribution in [-0.2, 0) is 6.18 Å². The van der Waals surface area contributed by atoms with E-state index in [0.29, 0.717) is 17.2 Å². The first-order chi connectivity index (χ1) is 15.2. The summed E-state index contributed by atoms with van der Waals surface area (Å²) in [6, 6.07) is 8.20. The Hall–Kier alpha value is -3.73. The number of anilines is 2. The average Bonchev–Trinajstić information content (AvgIpc) is 2.75. The molecule has 8 nitrogen and oxygen atoms in total. The Morgan fingerprint density at radius 3 is 2.31 bits per heavy atom. The van der Waals surface area contributed by atoms with Gasteiger partial charge in [-0.1, -0.05) is 6.07 Å². The number of carbonyl (C=O) groups excluding carboxylic acids is 1. The Morgan fingerprint density at radius 2 is 1.69 bits per heavy atom. The van der Waals surface area contributed by atoms with Crippen molar-refractivity contribution in [3.63, 3.8) is 0 Å². The van der Waals surface area contributed by atoms with E-state index in [9.17, 15) is 18.0 Å². The zero-order valence-corrected chi connectivity index (χ0v) is 17.4. The summed E-state index contributed by atoms with van der Waals surface area (Å²) >= 11 is 5.78. The zero-order chi connectivity index (χ0) is 23.3. The maximum absolute atomic E-state index is 13.0. The molecule has 0 saturated carbocycles. The Labute approximate surface area is 185 Å². The number of halogens is 4. The fourth-order valence-electron chi connectivity index (χ4n) is 2.52. The molecule has 0 aliphatic heterocycles. The lowest BCUT2D eigenvalue weighted by molar-refractivity contribution is -0.137. The Kier molecular flexibility index (Phi) is 6.89. The van der Waals surface area contributed by atoms with Crippen LogP contribution in [0.5, 0.6) is 23.1 Å². The van der Waals surface area contributed by atoms with Gasteiger partial charge in [0.15, 0.2) is 0 Å². The minimum atomic E-state index is -4.55. The second kappa shape index (κ2) is 9.60. The van der Waals surface area contributed by atoms with Gasteiger partial charge in [-0.05, 0) is 29.8 Å². The molecule has 168 valence electrons. The Balaban J connectivity index is 1.80. The second-order valence-corrected chi connectivity index (χ2v) is 6.50. The van der Waals surface area contributed by atoms with Gasteiger partial charge in [0.1, 0.15) is 22.9 Å². The van der Waals surface area contributed by atoms with Gasteiger partial charge in [-0.15, -0.1) is 0 Å². The van der Waals surface area contributed by atoms with Crippen molar-refractivity contribution in [2.75, 3.05) is 24.9 Å². The van der Waals surface area contributed by atoms with Crippen LogP contribution in [0.1, 0.15) is 5.56 Å².